The number of carbonyl (C=O) groups excluding carboxylic acids is 1. The topological polar surface area (TPSA) is 23.6 Å². The minimum atomic E-state index is 0.247. The van der Waals surface area contributed by atoms with Gasteiger partial charge in [0.2, 0.25) is 5.91 Å². The number of halogens is 1. The Bertz CT molecular complexity index is 272. The molecule has 2 heterocycles. The van der Waals surface area contributed by atoms with Crippen molar-refractivity contribution in [2.45, 2.75) is 31.7 Å². The maximum atomic E-state index is 12.1. The molecule has 3 nitrogen and oxygen atoms in total. The summed E-state index contributed by atoms with van der Waals surface area (Å²) in [5, 5.41) is 0. The van der Waals surface area contributed by atoms with Crippen LogP contribution in [0.2, 0.25) is 0 Å². The number of carbonyl (C=O) groups is 1. The maximum absolute atomic E-state index is 12.1. The second-order valence-corrected chi connectivity index (χ2v) is 6.64. The van der Waals surface area contributed by atoms with Crippen LogP contribution in [-0.4, -0.2) is 65.3 Å². The van der Waals surface area contributed by atoms with Crippen molar-refractivity contribution in [1.29, 1.82) is 0 Å². The van der Waals surface area contributed by atoms with Crippen molar-refractivity contribution < 1.29 is 4.79 Å². The SMILES string of the molecule is O=C(CCCl)N1CCCSCC1CN1CCCC1. The lowest BCUT2D eigenvalue weighted by atomic mass is 10.2. The van der Waals surface area contributed by atoms with Crippen LogP contribution in [0, 0.1) is 0 Å². The number of nitrogens with zero attached hydrogens (tertiary/aromatic N) is 2. The Kier molecular flexibility index (Phi) is 6.12. The highest BCUT2D eigenvalue weighted by molar-refractivity contribution is 7.99. The first-order valence-electron chi connectivity index (χ1n) is 6.97. The molecule has 0 aliphatic carbocycles. The van der Waals surface area contributed by atoms with E-state index in [4.69, 9.17) is 11.6 Å². The van der Waals surface area contributed by atoms with E-state index in [9.17, 15) is 4.79 Å². The van der Waals surface area contributed by atoms with Gasteiger partial charge in [-0.15, -0.1) is 11.6 Å². The summed E-state index contributed by atoms with van der Waals surface area (Å²) in [6.07, 6.45) is 4.24. The van der Waals surface area contributed by atoms with Gasteiger partial charge in [-0.3, -0.25) is 4.79 Å². The van der Waals surface area contributed by atoms with Gasteiger partial charge in [0.1, 0.15) is 0 Å². The van der Waals surface area contributed by atoms with E-state index in [-0.39, 0.29) is 5.91 Å². The monoisotopic (exact) mass is 290 g/mol. The summed E-state index contributed by atoms with van der Waals surface area (Å²) >= 11 is 7.70. The molecule has 0 spiro atoms. The van der Waals surface area contributed by atoms with E-state index >= 15 is 0 Å². The lowest BCUT2D eigenvalue weighted by Gasteiger charge is -2.32. The van der Waals surface area contributed by atoms with Gasteiger partial charge >= 0.3 is 0 Å². The molecule has 0 aromatic rings. The van der Waals surface area contributed by atoms with E-state index in [1.54, 1.807) is 0 Å². The van der Waals surface area contributed by atoms with Crippen LogP contribution in [0.5, 0.6) is 0 Å². The zero-order chi connectivity index (χ0) is 12.8. The third kappa shape index (κ3) is 4.04. The Balaban J connectivity index is 1.94. The van der Waals surface area contributed by atoms with Gasteiger partial charge in [-0.1, -0.05) is 0 Å². The zero-order valence-electron chi connectivity index (χ0n) is 10.9. The third-order valence-corrected chi connectivity index (χ3v) is 5.12. The molecule has 2 rings (SSSR count). The largest absolute Gasteiger partial charge is 0.338 e. The second kappa shape index (κ2) is 7.61. The molecular weight excluding hydrogens is 268 g/mol. The lowest BCUT2D eigenvalue weighted by Crippen LogP contribution is -2.47. The first-order chi connectivity index (χ1) is 8.81. The summed E-state index contributed by atoms with van der Waals surface area (Å²) in [7, 11) is 0. The van der Waals surface area contributed by atoms with Gasteiger partial charge in [-0.2, -0.15) is 11.8 Å². The molecule has 1 atom stereocenters. The number of hydrogen-bond donors (Lipinski definition) is 0. The first kappa shape index (κ1) is 14.5. The third-order valence-electron chi connectivity index (χ3n) is 3.74. The van der Waals surface area contributed by atoms with Crippen LogP contribution in [0.1, 0.15) is 25.7 Å². The molecule has 1 unspecified atom stereocenters. The summed E-state index contributed by atoms with van der Waals surface area (Å²) < 4.78 is 0. The Morgan fingerprint density at radius 1 is 1.22 bits per heavy atom. The Morgan fingerprint density at radius 3 is 2.72 bits per heavy atom. The van der Waals surface area contributed by atoms with E-state index in [0.717, 1.165) is 25.3 Å². The van der Waals surface area contributed by atoms with Crippen LogP contribution < -0.4 is 0 Å². The van der Waals surface area contributed by atoms with Gasteiger partial charge in [0.05, 0.1) is 6.04 Å². The molecule has 18 heavy (non-hydrogen) atoms. The van der Waals surface area contributed by atoms with Crippen molar-refractivity contribution in [3.05, 3.63) is 0 Å². The number of amides is 1. The highest BCUT2D eigenvalue weighted by Gasteiger charge is 2.27. The smallest absolute Gasteiger partial charge is 0.224 e. The summed E-state index contributed by atoms with van der Waals surface area (Å²) in [6, 6.07) is 0.395. The number of thioether (sulfide) groups is 1. The van der Waals surface area contributed by atoms with Gasteiger partial charge in [-0.05, 0) is 38.1 Å². The predicted octanol–water partition coefficient (Wildman–Crippen LogP) is 2.05. The van der Waals surface area contributed by atoms with Crippen LogP contribution >= 0.6 is 23.4 Å². The maximum Gasteiger partial charge on any atom is 0.224 e. The highest BCUT2D eigenvalue weighted by atomic mass is 35.5. The van der Waals surface area contributed by atoms with Crippen molar-refractivity contribution in [3.63, 3.8) is 0 Å². The minimum absolute atomic E-state index is 0.247. The molecule has 2 fully saturated rings. The molecule has 0 radical (unpaired) electrons. The molecule has 0 aromatic heterocycles. The van der Waals surface area contributed by atoms with Crippen LogP contribution in [0.25, 0.3) is 0 Å². The number of hydrogen-bond acceptors (Lipinski definition) is 3. The van der Waals surface area contributed by atoms with Crippen molar-refractivity contribution in [2.24, 2.45) is 0 Å². The van der Waals surface area contributed by atoms with E-state index in [0.29, 0.717) is 18.3 Å². The number of alkyl halides is 1. The fraction of sp³-hybridized carbons (Fsp3) is 0.923. The van der Waals surface area contributed by atoms with Crippen LogP contribution in [-0.2, 0) is 4.79 Å². The average Bonchev–Trinajstić information content (AvgIpc) is 2.74. The first-order valence-corrected chi connectivity index (χ1v) is 8.65. The van der Waals surface area contributed by atoms with Gasteiger partial charge in [0.15, 0.2) is 0 Å². The van der Waals surface area contributed by atoms with Crippen molar-refractivity contribution in [3.8, 4) is 0 Å². The molecule has 2 saturated heterocycles. The summed E-state index contributed by atoms with van der Waals surface area (Å²) in [4.78, 5) is 16.8. The molecular formula is C13H23ClN2OS. The summed E-state index contributed by atoms with van der Waals surface area (Å²) in [5.74, 6) is 2.96. The molecule has 104 valence electrons. The highest BCUT2D eigenvalue weighted by Crippen LogP contribution is 2.20. The summed E-state index contributed by atoms with van der Waals surface area (Å²) in [6.45, 7) is 4.39. The average molecular weight is 291 g/mol. The number of likely N-dealkylation sites (tertiary alicyclic amines) is 1. The van der Waals surface area contributed by atoms with Crippen molar-refractivity contribution >= 4 is 29.3 Å². The molecule has 2 aliphatic rings. The van der Waals surface area contributed by atoms with Crippen molar-refractivity contribution in [1.82, 2.24) is 9.80 Å². The van der Waals surface area contributed by atoms with Crippen LogP contribution in [0.3, 0.4) is 0 Å². The van der Waals surface area contributed by atoms with Gasteiger partial charge < -0.3 is 9.80 Å². The summed E-state index contributed by atoms with van der Waals surface area (Å²) in [5.41, 5.74) is 0. The van der Waals surface area contributed by atoms with Crippen molar-refractivity contribution in [2.75, 3.05) is 43.6 Å². The van der Waals surface area contributed by atoms with Crippen LogP contribution in [0.15, 0.2) is 0 Å². The second-order valence-electron chi connectivity index (χ2n) is 5.12. The van der Waals surface area contributed by atoms with E-state index in [1.165, 1.54) is 31.7 Å². The zero-order valence-corrected chi connectivity index (χ0v) is 12.5. The standard InChI is InChI=1S/C13H23ClN2OS/c14-5-4-13(17)16-8-3-9-18-11-12(16)10-15-6-1-2-7-15/h12H,1-11H2. The Labute approximate surface area is 119 Å². The predicted molar refractivity (Wildman–Crippen MR) is 78.5 cm³/mol. The van der Waals surface area contributed by atoms with E-state index in [1.807, 2.05) is 11.8 Å². The fourth-order valence-corrected chi connectivity index (χ4v) is 4.02. The Morgan fingerprint density at radius 2 is 2.00 bits per heavy atom. The van der Waals surface area contributed by atoms with E-state index in [2.05, 4.69) is 9.80 Å². The van der Waals surface area contributed by atoms with Gasteiger partial charge in [0, 0.05) is 31.1 Å². The molecule has 2 aliphatic heterocycles. The van der Waals surface area contributed by atoms with Gasteiger partial charge in [-0.25, -0.2) is 0 Å². The molecule has 0 bridgehead atoms. The molecule has 0 N–H and O–H groups in total. The van der Waals surface area contributed by atoms with Crippen LogP contribution in [0.4, 0.5) is 0 Å². The molecule has 5 heteroatoms. The lowest BCUT2D eigenvalue weighted by molar-refractivity contribution is -0.132. The van der Waals surface area contributed by atoms with E-state index < -0.39 is 0 Å². The molecule has 0 saturated carbocycles. The normalized spacial score (nSPS) is 26.3. The molecule has 0 aromatic carbocycles. The molecule has 1 amide bonds. The quantitative estimate of drug-likeness (QED) is 0.741. The van der Waals surface area contributed by atoms with Gasteiger partial charge in [0.25, 0.3) is 0 Å². The number of rotatable bonds is 4. The Hall–Kier alpha value is 0.0700. The fourth-order valence-electron chi connectivity index (χ4n) is 2.80. The minimum Gasteiger partial charge on any atom is -0.338 e.